The average Bonchev–Trinajstić information content (AvgIpc) is 2.73. The number of nitrogens with two attached hydrogens (primary N) is 1. The monoisotopic (exact) mass is 413 g/mol. The van der Waals surface area contributed by atoms with E-state index in [1.54, 1.807) is 24.3 Å². The van der Waals surface area contributed by atoms with Gasteiger partial charge < -0.3 is 5.73 Å². The van der Waals surface area contributed by atoms with E-state index < -0.39 is 5.91 Å². The van der Waals surface area contributed by atoms with E-state index in [9.17, 15) is 19.2 Å². The van der Waals surface area contributed by atoms with E-state index in [0.29, 0.717) is 23.0 Å². The van der Waals surface area contributed by atoms with Crippen molar-refractivity contribution in [2.75, 3.05) is 0 Å². The predicted octanol–water partition coefficient (Wildman–Crippen LogP) is 4.95. The van der Waals surface area contributed by atoms with Crippen molar-refractivity contribution in [3.8, 4) is 22.3 Å². The Bertz CT molecular complexity index is 1240. The Morgan fingerprint density at radius 2 is 1.16 bits per heavy atom. The van der Waals surface area contributed by atoms with Crippen molar-refractivity contribution in [3.63, 3.8) is 0 Å². The van der Waals surface area contributed by atoms with Crippen LogP contribution in [0.1, 0.15) is 66.4 Å². The van der Waals surface area contributed by atoms with Gasteiger partial charge in [0.2, 0.25) is 5.91 Å². The Labute approximate surface area is 180 Å². The Hall–Kier alpha value is -3.86. The molecule has 0 bridgehead atoms. The molecule has 0 aliphatic rings. The summed E-state index contributed by atoms with van der Waals surface area (Å²) in [6.45, 7) is 6.61. The van der Waals surface area contributed by atoms with Gasteiger partial charge in [-0.25, -0.2) is 0 Å². The molecule has 0 aromatic heterocycles. The highest BCUT2D eigenvalue weighted by molar-refractivity contribution is 6.08. The molecule has 0 aliphatic carbocycles. The minimum atomic E-state index is -0.634. The van der Waals surface area contributed by atoms with Crippen LogP contribution in [0.25, 0.3) is 22.3 Å². The molecule has 0 heterocycles. The number of carbonyl (C=O) groups excluding carboxylic acids is 4. The van der Waals surface area contributed by atoms with Crippen LogP contribution in [0.2, 0.25) is 0 Å². The summed E-state index contributed by atoms with van der Waals surface area (Å²) in [7, 11) is 0. The number of hydrogen-bond donors (Lipinski definition) is 1. The molecule has 0 unspecified atom stereocenters. The third-order valence-corrected chi connectivity index (χ3v) is 5.42. The zero-order chi connectivity index (χ0) is 22.9. The van der Waals surface area contributed by atoms with Gasteiger partial charge in [0.1, 0.15) is 0 Å². The van der Waals surface area contributed by atoms with Gasteiger partial charge in [-0.15, -0.1) is 0 Å². The lowest BCUT2D eigenvalue weighted by atomic mass is 9.90. The van der Waals surface area contributed by atoms with Crippen LogP contribution in [0.3, 0.4) is 0 Å². The molecule has 5 heteroatoms. The zero-order valence-electron chi connectivity index (χ0n) is 17.9. The second kappa shape index (κ2) is 8.48. The first-order valence-electron chi connectivity index (χ1n) is 9.81. The fourth-order valence-electron chi connectivity index (χ4n) is 3.78. The maximum absolute atomic E-state index is 12.0. The molecule has 0 saturated carbocycles. The van der Waals surface area contributed by atoms with E-state index in [0.717, 1.165) is 33.4 Å². The molecule has 0 saturated heterocycles. The minimum Gasteiger partial charge on any atom is -0.366 e. The molecule has 3 rings (SSSR count). The SMILES string of the molecule is CC(=O)c1cc(C)c(-c2ccc(-c3cc(C(C)=O)c(C(N)=O)cc3C)cc2)cc1C=O. The van der Waals surface area contributed by atoms with Crippen molar-refractivity contribution in [1.29, 1.82) is 0 Å². The summed E-state index contributed by atoms with van der Waals surface area (Å²) in [6.07, 6.45) is 0.695. The Kier molecular flexibility index (Phi) is 5.97. The first kappa shape index (κ1) is 21.8. The van der Waals surface area contributed by atoms with Gasteiger partial charge in [0.05, 0.1) is 5.56 Å². The van der Waals surface area contributed by atoms with Gasteiger partial charge in [0.25, 0.3) is 0 Å². The third-order valence-electron chi connectivity index (χ3n) is 5.42. The van der Waals surface area contributed by atoms with Gasteiger partial charge in [0, 0.05) is 16.7 Å². The highest BCUT2D eigenvalue weighted by Gasteiger charge is 2.16. The highest BCUT2D eigenvalue weighted by Crippen LogP contribution is 2.31. The molecule has 31 heavy (non-hydrogen) atoms. The van der Waals surface area contributed by atoms with Gasteiger partial charge in [-0.1, -0.05) is 24.3 Å². The number of aryl methyl sites for hydroxylation is 2. The van der Waals surface area contributed by atoms with E-state index in [2.05, 4.69) is 0 Å². The summed E-state index contributed by atoms with van der Waals surface area (Å²) < 4.78 is 0. The molecule has 0 radical (unpaired) electrons. The Morgan fingerprint density at radius 3 is 1.58 bits per heavy atom. The van der Waals surface area contributed by atoms with E-state index in [1.165, 1.54) is 13.8 Å². The molecule has 3 aromatic rings. The number of hydrogen-bond acceptors (Lipinski definition) is 4. The number of carbonyl (C=O) groups is 4. The van der Waals surface area contributed by atoms with Crippen molar-refractivity contribution < 1.29 is 19.2 Å². The smallest absolute Gasteiger partial charge is 0.249 e. The summed E-state index contributed by atoms with van der Waals surface area (Å²) in [5.41, 5.74) is 11.9. The van der Waals surface area contributed by atoms with Gasteiger partial charge in [-0.05, 0) is 85.3 Å². The molecule has 0 spiro atoms. The first-order valence-corrected chi connectivity index (χ1v) is 9.81. The van der Waals surface area contributed by atoms with E-state index in [4.69, 9.17) is 5.73 Å². The maximum atomic E-state index is 12.0. The summed E-state index contributed by atoms with van der Waals surface area (Å²) in [6, 6.07) is 14.5. The summed E-state index contributed by atoms with van der Waals surface area (Å²) in [4.78, 5) is 47.0. The molecule has 0 fully saturated rings. The summed E-state index contributed by atoms with van der Waals surface area (Å²) >= 11 is 0. The lowest BCUT2D eigenvalue weighted by molar-refractivity contribution is 0.0973. The maximum Gasteiger partial charge on any atom is 0.249 e. The average molecular weight is 413 g/mol. The quantitative estimate of drug-likeness (QED) is 0.457. The third kappa shape index (κ3) is 4.21. The Morgan fingerprint density at radius 1 is 0.710 bits per heavy atom. The second-order valence-corrected chi connectivity index (χ2v) is 7.64. The van der Waals surface area contributed by atoms with Crippen molar-refractivity contribution in [2.45, 2.75) is 27.7 Å². The molecule has 5 nitrogen and oxygen atoms in total. The summed E-state index contributed by atoms with van der Waals surface area (Å²) in [5, 5.41) is 0. The molecular formula is C26H23NO4. The van der Waals surface area contributed by atoms with Crippen LogP contribution in [-0.2, 0) is 0 Å². The highest BCUT2D eigenvalue weighted by atomic mass is 16.1. The molecular weight excluding hydrogens is 390 g/mol. The number of Topliss-reactive ketones (excluding diaryl/α,β-unsaturated/α-hetero) is 2. The number of ketones is 2. The molecule has 0 atom stereocenters. The standard InChI is InChI=1S/C26H23NO4/c1-14-9-23(16(3)29)20(13-28)11-21(14)18-5-7-19(8-6-18)22-12-24(17(4)30)25(26(27)31)10-15(22)2/h5-13H,1-4H3,(H2,27,31). The first-order chi connectivity index (χ1) is 14.6. The number of aldehydes is 1. The number of rotatable bonds is 6. The molecule has 156 valence electrons. The van der Waals surface area contributed by atoms with Crippen LogP contribution >= 0.6 is 0 Å². The summed E-state index contributed by atoms with van der Waals surface area (Å²) in [5.74, 6) is -1.01. The second-order valence-electron chi connectivity index (χ2n) is 7.64. The minimum absolute atomic E-state index is 0.150. The van der Waals surface area contributed by atoms with Crippen LogP contribution in [0.15, 0.2) is 48.5 Å². The molecule has 2 N–H and O–H groups in total. The normalized spacial score (nSPS) is 10.6. The lowest BCUT2D eigenvalue weighted by Crippen LogP contribution is -2.16. The topological polar surface area (TPSA) is 94.3 Å². The van der Waals surface area contributed by atoms with Crippen LogP contribution in [0, 0.1) is 13.8 Å². The number of primary amides is 1. The lowest BCUT2D eigenvalue weighted by Gasteiger charge is -2.13. The van der Waals surface area contributed by atoms with Crippen molar-refractivity contribution in [3.05, 3.63) is 81.9 Å². The zero-order valence-corrected chi connectivity index (χ0v) is 17.9. The van der Waals surface area contributed by atoms with Gasteiger partial charge in [-0.3, -0.25) is 19.2 Å². The fourth-order valence-corrected chi connectivity index (χ4v) is 3.78. The largest absolute Gasteiger partial charge is 0.366 e. The van der Waals surface area contributed by atoms with Gasteiger partial charge >= 0.3 is 0 Å². The molecule has 1 amide bonds. The van der Waals surface area contributed by atoms with Crippen LogP contribution < -0.4 is 5.73 Å². The Balaban J connectivity index is 2.08. The molecule has 3 aromatic carbocycles. The van der Waals surface area contributed by atoms with Gasteiger partial charge in [-0.2, -0.15) is 0 Å². The van der Waals surface area contributed by atoms with Crippen molar-refractivity contribution in [1.82, 2.24) is 0 Å². The van der Waals surface area contributed by atoms with E-state index >= 15 is 0 Å². The van der Waals surface area contributed by atoms with Gasteiger partial charge in [0.15, 0.2) is 17.9 Å². The number of benzene rings is 3. The molecule has 0 aliphatic heterocycles. The van der Waals surface area contributed by atoms with Crippen LogP contribution in [0.5, 0.6) is 0 Å². The van der Waals surface area contributed by atoms with Crippen molar-refractivity contribution >= 4 is 23.8 Å². The van der Waals surface area contributed by atoms with E-state index in [-0.39, 0.29) is 17.1 Å². The predicted molar refractivity (Wildman–Crippen MR) is 121 cm³/mol. The fraction of sp³-hybridized carbons (Fsp3) is 0.154. The van der Waals surface area contributed by atoms with Crippen molar-refractivity contribution in [2.24, 2.45) is 5.73 Å². The van der Waals surface area contributed by atoms with E-state index in [1.807, 2.05) is 38.1 Å². The van der Waals surface area contributed by atoms with Crippen LogP contribution in [-0.4, -0.2) is 23.8 Å². The number of amides is 1. The van der Waals surface area contributed by atoms with Crippen LogP contribution in [0.4, 0.5) is 0 Å².